The molecule has 0 N–H and O–H groups in total. The minimum absolute atomic E-state index is 0.570. The number of hydrogen-bond donors (Lipinski definition) is 0. The van der Waals surface area contributed by atoms with Gasteiger partial charge in [0.1, 0.15) is 0 Å². The van der Waals surface area contributed by atoms with Crippen LogP contribution in [0.2, 0.25) is 13.1 Å². The second kappa shape index (κ2) is 9.45. The van der Waals surface area contributed by atoms with Crippen LogP contribution in [0, 0.1) is 5.92 Å². The summed E-state index contributed by atoms with van der Waals surface area (Å²) in [6.07, 6.45) is 0. The Morgan fingerprint density at radius 3 is 1.86 bits per heavy atom. The average molecular weight is 324 g/mol. The summed E-state index contributed by atoms with van der Waals surface area (Å²) in [5.41, 5.74) is 0.570. The van der Waals surface area contributed by atoms with E-state index >= 15 is 0 Å². The fourth-order valence-electron chi connectivity index (χ4n) is 3.56. The molecule has 0 saturated carbocycles. The second-order valence-corrected chi connectivity index (χ2v) is 11.4. The van der Waals surface area contributed by atoms with Crippen LogP contribution in [-0.2, 0) is 9.47 Å². The molecule has 0 heterocycles. The van der Waals surface area contributed by atoms with Crippen LogP contribution >= 0.6 is 0 Å². The first-order valence-electron chi connectivity index (χ1n) is 8.22. The standard InChI is InChI=1S/C18H33NO2Si/c1-16(2)18(19(12-14-20-3)13-15-21-4)22(5,6)17-10-8-7-9-11-17/h7-11,16,18H,12-15H2,1-6H3. The van der Waals surface area contributed by atoms with Crippen molar-refractivity contribution >= 4 is 13.3 Å². The minimum Gasteiger partial charge on any atom is -0.383 e. The molecule has 1 aromatic rings. The second-order valence-electron chi connectivity index (χ2n) is 6.80. The minimum atomic E-state index is -1.62. The van der Waals surface area contributed by atoms with Crippen LogP contribution < -0.4 is 5.19 Å². The van der Waals surface area contributed by atoms with Gasteiger partial charge >= 0.3 is 0 Å². The largest absolute Gasteiger partial charge is 0.383 e. The van der Waals surface area contributed by atoms with Crippen molar-refractivity contribution in [3.63, 3.8) is 0 Å². The van der Waals surface area contributed by atoms with E-state index in [4.69, 9.17) is 9.47 Å². The SMILES string of the molecule is COCCN(CCOC)C(C(C)C)[Si](C)(C)c1ccccc1. The Hall–Kier alpha value is -0.683. The molecule has 126 valence electrons. The Bertz CT molecular complexity index is 401. The van der Waals surface area contributed by atoms with Gasteiger partial charge in [-0.25, -0.2) is 0 Å². The van der Waals surface area contributed by atoms with Gasteiger partial charge in [0.25, 0.3) is 0 Å². The van der Waals surface area contributed by atoms with E-state index in [1.165, 1.54) is 5.19 Å². The van der Waals surface area contributed by atoms with E-state index in [2.05, 4.69) is 62.2 Å². The molecule has 0 aromatic heterocycles. The Morgan fingerprint density at radius 1 is 0.955 bits per heavy atom. The first-order valence-corrected chi connectivity index (χ1v) is 11.3. The number of hydrogen-bond acceptors (Lipinski definition) is 3. The maximum Gasteiger partial charge on any atom is 0.0990 e. The van der Waals surface area contributed by atoms with Crippen molar-refractivity contribution in [3.05, 3.63) is 30.3 Å². The highest BCUT2D eigenvalue weighted by molar-refractivity contribution is 6.91. The summed E-state index contributed by atoms with van der Waals surface area (Å²) < 4.78 is 10.7. The molecule has 1 aromatic carbocycles. The normalized spacial score (nSPS) is 13.8. The molecule has 0 aliphatic carbocycles. The summed E-state index contributed by atoms with van der Waals surface area (Å²) in [6, 6.07) is 11.0. The summed E-state index contributed by atoms with van der Waals surface area (Å²) in [4.78, 5) is 2.58. The molecule has 1 unspecified atom stereocenters. The van der Waals surface area contributed by atoms with Crippen LogP contribution in [0.5, 0.6) is 0 Å². The topological polar surface area (TPSA) is 21.7 Å². The third-order valence-corrected chi connectivity index (χ3v) is 8.78. The van der Waals surface area contributed by atoms with Gasteiger partial charge in [0.2, 0.25) is 0 Å². The number of nitrogens with zero attached hydrogens (tertiary/aromatic N) is 1. The van der Waals surface area contributed by atoms with E-state index in [0.717, 1.165) is 26.3 Å². The Balaban J connectivity index is 3.06. The van der Waals surface area contributed by atoms with Crippen LogP contribution in [0.15, 0.2) is 30.3 Å². The van der Waals surface area contributed by atoms with Gasteiger partial charge in [-0.15, -0.1) is 0 Å². The average Bonchev–Trinajstić information content (AvgIpc) is 2.50. The zero-order valence-electron chi connectivity index (χ0n) is 15.1. The van der Waals surface area contributed by atoms with Crippen molar-refractivity contribution in [3.8, 4) is 0 Å². The molecule has 0 spiro atoms. The van der Waals surface area contributed by atoms with Crippen molar-refractivity contribution in [1.82, 2.24) is 4.90 Å². The molecule has 0 amide bonds. The number of benzene rings is 1. The van der Waals surface area contributed by atoms with E-state index in [0.29, 0.717) is 11.6 Å². The quantitative estimate of drug-likeness (QED) is 0.618. The van der Waals surface area contributed by atoms with Crippen LogP contribution in [0.25, 0.3) is 0 Å². The highest BCUT2D eigenvalue weighted by Gasteiger charge is 2.39. The van der Waals surface area contributed by atoms with E-state index in [-0.39, 0.29) is 0 Å². The lowest BCUT2D eigenvalue weighted by Gasteiger charge is -2.44. The maximum atomic E-state index is 5.33. The predicted molar refractivity (Wildman–Crippen MR) is 97.5 cm³/mol. The molecule has 0 saturated heterocycles. The van der Waals surface area contributed by atoms with Crippen molar-refractivity contribution in [2.75, 3.05) is 40.5 Å². The molecule has 0 aliphatic heterocycles. The van der Waals surface area contributed by atoms with E-state index < -0.39 is 8.07 Å². The van der Waals surface area contributed by atoms with Crippen LogP contribution in [0.3, 0.4) is 0 Å². The Labute approximate surface area is 137 Å². The van der Waals surface area contributed by atoms with Crippen molar-refractivity contribution in [2.24, 2.45) is 5.92 Å². The van der Waals surface area contributed by atoms with E-state index in [1.54, 1.807) is 14.2 Å². The number of ether oxygens (including phenoxy) is 2. The molecule has 1 atom stereocenters. The molecular weight excluding hydrogens is 290 g/mol. The van der Waals surface area contributed by atoms with Crippen molar-refractivity contribution in [2.45, 2.75) is 32.6 Å². The fraction of sp³-hybridized carbons (Fsp3) is 0.667. The summed E-state index contributed by atoms with van der Waals surface area (Å²) >= 11 is 0. The van der Waals surface area contributed by atoms with Gasteiger partial charge in [-0.2, -0.15) is 0 Å². The lowest BCUT2D eigenvalue weighted by atomic mass is 10.2. The third kappa shape index (κ3) is 5.20. The molecule has 0 bridgehead atoms. The van der Waals surface area contributed by atoms with Gasteiger partial charge in [-0.3, -0.25) is 4.90 Å². The molecule has 0 fully saturated rings. The maximum absolute atomic E-state index is 5.33. The zero-order chi connectivity index (χ0) is 16.6. The van der Waals surface area contributed by atoms with E-state index in [9.17, 15) is 0 Å². The third-order valence-electron chi connectivity index (χ3n) is 4.45. The van der Waals surface area contributed by atoms with Gasteiger partial charge < -0.3 is 9.47 Å². The van der Waals surface area contributed by atoms with Crippen molar-refractivity contribution < 1.29 is 9.47 Å². The van der Waals surface area contributed by atoms with Gasteiger partial charge in [0.15, 0.2) is 0 Å². The Kier molecular flexibility index (Phi) is 8.32. The number of methoxy groups -OCH3 is 2. The van der Waals surface area contributed by atoms with Gasteiger partial charge in [-0.1, -0.05) is 62.5 Å². The summed E-state index contributed by atoms with van der Waals surface area (Å²) in [5.74, 6) is 0.607. The predicted octanol–water partition coefficient (Wildman–Crippen LogP) is 2.76. The lowest BCUT2D eigenvalue weighted by molar-refractivity contribution is 0.0935. The highest BCUT2D eigenvalue weighted by Crippen LogP contribution is 2.22. The zero-order valence-corrected chi connectivity index (χ0v) is 16.1. The molecule has 4 heteroatoms. The first kappa shape index (κ1) is 19.4. The summed E-state index contributed by atoms with van der Waals surface area (Å²) in [7, 11) is 1.93. The van der Waals surface area contributed by atoms with Crippen molar-refractivity contribution in [1.29, 1.82) is 0 Å². The Morgan fingerprint density at radius 2 is 1.45 bits per heavy atom. The first-order chi connectivity index (χ1) is 10.4. The van der Waals surface area contributed by atoms with Gasteiger partial charge in [0, 0.05) is 33.0 Å². The molecule has 22 heavy (non-hydrogen) atoms. The van der Waals surface area contributed by atoms with Crippen LogP contribution in [0.1, 0.15) is 13.8 Å². The van der Waals surface area contributed by atoms with Gasteiger partial charge in [0.05, 0.1) is 21.3 Å². The monoisotopic (exact) mass is 323 g/mol. The van der Waals surface area contributed by atoms with Crippen LogP contribution in [-0.4, -0.2) is 59.2 Å². The smallest absolute Gasteiger partial charge is 0.0990 e. The molecule has 3 nitrogen and oxygen atoms in total. The molecule has 1 rings (SSSR count). The van der Waals surface area contributed by atoms with Crippen LogP contribution in [0.4, 0.5) is 0 Å². The molecule has 0 aliphatic rings. The fourth-order valence-corrected chi connectivity index (χ4v) is 7.79. The summed E-state index contributed by atoms with van der Waals surface area (Å²) in [6.45, 7) is 13.1. The highest BCUT2D eigenvalue weighted by atomic mass is 28.3. The molecular formula is C18H33NO2Si. The molecule has 0 radical (unpaired) electrons. The lowest BCUT2D eigenvalue weighted by Crippen LogP contribution is -2.63. The van der Waals surface area contributed by atoms with E-state index in [1.807, 2.05) is 0 Å². The van der Waals surface area contributed by atoms with Gasteiger partial charge in [-0.05, 0) is 5.92 Å². The number of rotatable bonds is 10. The summed E-state index contributed by atoms with van der Waals surface area (Å²) in [5, 5.41) is 1.52.